The number of aromatic nitrogens is 1. The molecule has 2 nitrogen and oxygen atoms in total. The van der Waals surface area contributed by atoms with Gasteiger partial charge in [0, 0.05) is 11.1 Å². The molecule has 1 N–H and O–H groups in total. The van der Waals surface area contributed by atoms with Crippen LogP contribution in [0.5, 0.6) is 0 Å². The molecule has 0 bridgehead atoms. The van der Waals surface area contributed by atoms with E-state index in [9.17, 15) is 0 Å². The number of nitrogens with one attached hydrogen (secondary N) is 1. The fourth-order valence-electron chi connectivity index (χ4n) is 1.71. The molecule has 0 fully saturated rings. The molecule has 0 aliphatic carbocycles. The Kier molecular flexibility index (Phi) is 4.74. The highest BCUT2D eigenvalue weighted by molar-refractivity contribution is 8.93. The maximum absolute atomic E-state index is 4.60. The standard InChI is InChI=1S/C14H12N2S2.BrH/c1-10-4-2-5-11(8-10)15-14-16-12(9-18-14)13-6-3-7-17-13;/h2-9H,1H3,(H,15,16);1H. The highest BCUT2D eigenvalue weighted by Crippen LogP contribution is 2.29. The molecule has 0 aliphatic heterocycles. The van der Waals surface area contributed by atoms with Crippen LogP contribution in [0.15, 0.2) is 47.2 Å². The Morgan fingerprint density at radius 3 is 2.74 bits per heavy atom. The summed E-state index contributed by atoms with van der Waals surface area (Å²) in [5.74, 6) is 0. The van der Waals surface area contributed by atoms with Gasteiger partial charge in [-0.2, -0.15) is 0 Å². The van der Waals surface area contributed by atoms with Crippen LogP contribution >= 0.6 is 39.7 Å². The van der Waals surface area contributed by atoms with Crippen LogP contribution in [0.2, 0.25) is 0 Å². The molecule has 0 spiro atoms. The van der Waals surface area contributed by atoms with E-state index in [-0.39, 0.29) is 17.0 Å². The molecule has 2 aromatic heterocycles. The van der Waals surface area contributed by atoms with Crippen LogP contribution in [-0.2, 0) is 0 Å². The summed E-state index contributed by atoms with van der Waals surface area (Å²) in [7, 11) is 0. The largest absolute Gasteiger partial charge is 0.332 e. The molecule has 0 radical (unpaired) electrons. The number of nitrogens with zero attached hydrogens (tertiary/aromatic N) is 1. The molecule has 0 saturated carbocycles. The van der Waals surface area contributed by atoms with Crippen molar-refractivity contribution in [1.82, 2.24) is 4.98 Å². The van der Waals surface area contributed by atoms with Gasteiger partial charge < -0.3 is 5.32 Å². The Morgan fingerprint density at radius 2 is 2.00 bits per heavy atom. The third kappa shape index (κ3) is 3.43. The monoisotopic (exact) mass is 352 g/mol. The minimum absolute atomic E-state index is 0. The van der Waals surface area contributed by atoms with E-state index in [0.29, 0.717) is 0 Å². The fourth-order valence-corrected chi connectivity index (χ4v) is 3.21. The van der Waals surface area contributed by atoms with Crippen LogP contribution in [0, 0.1) is 6.92 Å². The lowest BCUT2D eigenvalue weighted by Crippen LogP contribution is -1.89. The van der Waals surface area contributed by atoms with Crippen molar-refractivity contribution in [3.05, 3.63) is 52.7 Å². The quantitative estimate of drug-likeness (QED) is 0.672. The van der Waals surface area contributed by atoms with E-state index in [1.165, 1.54) is 10.4 Å². The SMILES string of the molecule is Br.Cc1cccc(Nc2nc(-c3cccs3)cs2)c1. The van der Waals surface area contributed by atoms with Gasteiger partial charge in [0.25, 0.3) is 0 Å². The first-order chi connectivity index (χ1) is 8.81. The van der Waals surface area contributed by atoms with Crippen molar-refractivity contribution in [1.29, 1.82) is 0 Å². The average molecular weight is 353 g/mol. The molecule has 19 heavy (non-hydrogen) atoms. The van der Waals surface area contributed by atoms with Gasteiger partial charge in [-0.1, -0.05) is 18.2 Å². The number of rotatable bonds is 3. The van der Waals surface area contributed by atoms with Gasteiger partial charge in [0.2, 0.25) is 0 Å². The van der Waals surface area contributed by atoms with E-state index in [0.717, 1.165) is 16.5 Å². The van der Waals surface area contributed by atoms with Gasteiger partial charge in [0.1, 0.15) is 0 Å². The zero-order chi connectivity index (χ0) is 12.4. The second-order valence-corrected chi connectivity index (χ2v) is 5.82. The molecule has 1 aromatic carbocycles. The van der Waals surface area contributed by atoms with Crippen molar-refractivity contribution < 1.29 is 0 Å². The molecule has 98 valence electrons. The first-order valence-electron chi connectivity index (χ1n) is 5.64. The van der Waals surface area contributed by atoms with E-state index in [4.69, 9.17) is 0 Å². The molecule has 0 aliphatic rings. The number of aryl methyl sites for hydroxylation is 1. The molecule has 2 heterocycles. The van der Waals surface area contributed by atoms with Crippen molar-refractivity contribution in [2.24, 2.45) is 0 Å². The van der Waals surface area contributed by atoms with Gasteiger partial charge in [-0.15, -0.1) is 39.7 Å². The number of hydrogen-bond acceptors (Lipinski definition) is 4. The fraction of sp³-hybridized carbons (Fsp3) is 0.0714. The van der Waals surface area contributed by atoms with Crippen molar-refractivity contribution in [2.75, 3.05) is 5.32 Å². The van der Waals surface area contributed by atoms with E-state index in [1.54, 1.807) is 22.7 Å². The Balaban J connectivity index is 0.00000133. The topological polar surface area (TPSA) is 24.9 Å². The first kappa shape index (κ1) is 14.2. The number of thiazole rings is 1. The van der Waals surface area contributed by atoms with Gasteiger partial charge in [-0.3, -0.25) is 0 Å². The third-order valence-corrected chi connectivity index (χ3v) is 4.20. The molecular formula is C14H13BrN2S2. The first-order valence-corrected chi connectivity index (χ1v) is 7.40. The molecule has 0 atom stereocenters. The Labute approximate surface area is 130 Å². The predicted octanol–water partition coefficient (Wildman–Crippen LogP) is 5.50. The summed E-state index contributed by atoms with van der Waals surface area (Å²) >= 11 is 3.35. The summed E-state index contributed by atoms with van der Waals surface area (Å²) in [6.07, 6.45) is 0. The lowest BCUT2D eigenvalue weighted by molar-refractivity contribution is 1.38. The normalized spacial score (nSPS) is 9.95. The van der Waals surface area contributed by atoms with Crippen LogP contribution in [0.3, 0.4) is 0 Å². The van der Waals surface area contributed by atoms with Crippen molar-refractivity contribution in [2.45, 2.75) is 6.92 Å². The predicted molar refractivity (Wildman–Crippen MR) is 90.2 cm³/mol. The summed E-state index contributed by atoms with van der Waals surface area (Å²) in [4.78, 5) is 5.81. The maximum atomic E-state index is 4.60. The van der Waals surface area contributed by atoms with Crippen LogP contribution in [0.25, 0.3) is 10.6 Å². The van der Waals surface area contributed by atoms with Gasteiger partial charge in [-0.05, 0) is 36.1 Å². The van der Waals surface area contributed by atoms with Crippen LogP contribution < -0.4 is 5.32 Å². The van der Waals surface area contributed by atoms with E-state index in [1.807, 2.05) is 12.1 Å². The second kappa shape index (κ2) is 6.32. The minimum atomic E-state index is 0. The molecule has 3 rings (SSSR count). The number of thiophene rings is 1. The molecule has 0 amide bonds. The zero-order valence-corrected chi connectivity index (χ0v) is 13.6. The van der Waals surface area contributed by atoms with Gasteiger partial charge in [-0.25, -0.2) is 4.98 Å². The van der Waals surface area contributed by atoms with Gasteiger partial charge in [0.15, 0.2) is 5.13 Å². The van der Waals surface area contributed by atoms with E-state index >= 15 is 0 Å². The lowest BCUT2D eigenvalue weighted by atomic mass is 10.2. The Bertz CT molecular complexity index is 647. The van der Waals surface area contributed by atoms with Gasteiger partial charge in [0.05, 0.1) is 10.6 Å². The lowest BCUT2D eigenvalue weighted by Gasteiger charge is -2.02. The second-order valence-electron chi connectivity index (χ2n) is 4.01. The summed E-state index contributed by atoms with van der Waals surface area (Å²) < 4.78 is 0. The Hall–Kier alpha value is -1.17. The number of halogens is 1. The molecule has 3 aromatic rings. The van der Waals surface area contributed by atoms with Crippen molar-refractivity contribution in [3.63, 3.8) is 0 Å². The molecular weight excluding hydrogens is 340 g/mol. The van der Waals surface area contributed by atoms with Crippen LogP contribution in [0.4, 0.5) is 10.8 Å². The van der Waals surface area contributed by atoms with Crippen LogP contribution in [-0.4, -0.2) is 4.98 Å². The highest BCUT2D eigenvalue weighted by atomic mass is 79.9. The van der Waals surface area contributed by atoms with Crippen molar-refractivity contribution in [3.8, 4) is 10.6 Å². The van der Waals surface area contributed by atoms with Gasteiger partial charge >= 0.3 is 0 Å². The summed E-state index contributed by atoms with van der Waals surface area (Å²) in [5, 5.41) is 8.43. The molecule has 5 heteroatoms. The molecule has 0 unspecified atom stereocenters. The third-order valence-electron chi connectivity index (χ3n) is 2.55. The minimum Gasteiger partial charge on any atom is -0.332 e. The van der Waals surface area contributed by atoms with E-state index in [2.05, 4.69) is 52.3 Å². The summed E-state index contributed by atoms with van der Waals surface area (Å²) in [6, 6.07) is 12.4. The smallest absolute Gasteiger partial charge is 0.187 e. The highest BCUT2D eigenvalue weighted by Gasteiger charge is 2.05. The number of benzene rings is 1. The summed E-state index contributed by atoms with van der Waals surface area (Å²) in [6.45, 7) is 2.09. The Morgan fingerprint density at radius 1 is 1.11 bits per heavy atom. The number of hydrogen-bond donors (Lipinski definition) is 1. The number of anilines is 2. The van der Waals surface area contributed by atoms with Crippen LogP contribution in [0.1, 0.15) is 5.56 Å². The maximum Gasteiger partial charge on any atom is 0.187 e. The average Bonchev–Trinajstić information content (AvgIpc) is 2.98. The summed E-state index contributed by atoms with van der Waals surface area (Å²) in [5.41, 5.74) is 3.38. The zero-order valence-electron chi connectivity index (χ0n) is 10.3. The van der Waals surface area contributed by atoms with E-state index < -0.39 is 0 Å². The van der Waals surface area contributed by atoms with Crippen molar-refractivity contribution >= 4 is 50.5 Å². The molecule has 0 saturated heterocycles.